The Morgan fingerprint density at radius 2 is 1.91 bits per heavy atom. The molecule has 0 radical (unpaired) electrons. The van der Waals surface area contributed by atoms with E-state index in [0.29, 0.717) is 31.6 Å². The summed E-state index contributed by atoms with van der Waals surface area (Å²) in [5.41, 5.74) is 11.4. The molecule has 1 aromatic heterocycles. The van der Waals surface area contributed by atoms with E-state index in [0.717, 1.165) is 0 Å². The van der Waals surface area contributed by atoms with Crippen molar-refractivity contribution in [2.75, 3.05) is 6.54 Å². The lowest BCUT2D eigenvalue weighted by atomic mass is 10.1. The van der Waals surface area contributed by atoms with Crippen molar-refractivity contribution in [1.29, 1.82) is 0 Å². The van der Waals surface area contributed by atoms with Crippen molar-refractivity contribution in [3.05, 3.63) is 11.9 Å². The molecule has 0 aromatic carbocycles. The fraction of sp³-hybridized carbons (Fsp3) is 0.714. The Bertz CT molecular complexity index is 515. The van der Waals surface area contributed by atoms with E-state index >= 15 is 0 Å². The van der Waals surface area contributed by atoms with Crippen molar-refractivity contribution in [2.24, 2.45) is 11.5 Å². The summed E-state index contributed by atoms with van der Waals surface area (Å²) < 4.78 is 1.63. The number of amides is 2. The van der Waals surface area contributed by atoms with E-state index in [1.54, 1.807) is 10.9 Å². The number of nitrogens with zero attached hydrogens (tertiary/aromatic N) is 3. The number of nitrogens with two attached hydrogens (primary N) is 2. The van der Waals surface area contributed by atoms with Crippen LogP contribution in [-0.4, -0.2) is 51.5 Å². The van der Waals surface area contributed by atoms with Gasteiger partial charge in [0, 0.05) is 25.2 Å². The van der Waals surface area contributed by atoms with Crippen LogP contribution < -0.4 is 22.1 Å². The van der Waals surface area contributed by atoms with Crippen molar-refractivity contribution in [3.63, 3.8) is 0 Å². The Labute approximate surface area is 136 Å². The highest BCUT2D eigenvalue weighted by Crippen LogP contribution is 2.02. The van der Waals surface area contributed by atoms with E-state index in [1.165, 1.54) is 0 Å². The molecule has 1 heterocycles. The van der Waals surface area contributed by atoms with Gasteiger partial charge >= 0.3 is 0 Å². The van der Waals surface area contributed by atoms with Crippen LogP contribution in [0.1, 0.15) is 32.9 Å². The van der Waals surface area contributed by atoms with Crippen LogP contribution in [0.15, 0.2) is 6.20 Å². The second-order valence-electron chi connectivity index (χ2n) is 5.75. The minimum atomic E-state index is -0.486. The van der Waals surface area contributed by atoms with Crippen molar-refractivity contribution >= 4 is 11.8 Å². The molecule has 130 valence electrons. The summed E-state index contributed by atoms with van der Waals surface area (Å²) >= 11 is 0. The zero-order valence-electron chi connectivity index (χ0n) is 14.0. The first kappa shape index (κ1) is 19.0. The number of aromatic nitrogens is 3. The smallest absolute Gasteiger partial charge is 0.234 e. The lowest BCUT2D eigenvalue weighted by molar-refractivity contribution is -0.121. The number of nitrogens with one attached hydrogen (secondary N) is 2. The number of hydrogen-bond acceptors (Lipinski definition) is 6. The third-order valence-corrected chi connectivity index (χ3v) is 3.32. The van der Waals surface area contributed by atoms with Crippen LogP contribution in [0.25, 0.3) is 0 Å². The van der Waals surface area contributed by atoms with Crippen molar-refractivity contribution < 1.29 is 9.59 Å². The largest absolute Gasteiger partial charge is 0.368 e. The lowest BCUT2D eigenvalue weighted by Crippen LogP contribution is -2.46. The summed E-state index contributed by atoms with van der Waals surface area (Å²) in [5.74, 6) is -0.809. The van der Waals surface area contributed by atoms with E-state index in [1.807, 2.05) is 20.8 Å². The average molecular weight is 325 g/mol. The Morgan fingerprint density at radius 1 is 1.26 bits per heavy atom. The Morgan fingerprint density at radius 3 is 2.43 bits per heavy atom. The van der Waals surface area contributed by atoms with Gasteiger partial charge in [-0.25, -0.2) is 0 Å². The van der Waals surface area contributed by atoms with Crippen LogP contribution in [0.5, 0.6) is 0 Å². The monoisotopic (exact) mass is 325 g/mol. The fourth-order valence-corrected chi connectivity index (χ4v) is 2.25. The van der Waals surface area contributed by atoms with Crippen LogP contribution in [0.2, 0.25) is 0 Å². The zero-order valence-corrected chi connectivity index (χ0v) is 14.0. The number of likely N-dealkylation sites (N-methyl/N-ethyl adjacent to an activating group) is 1. The van der Waals surface area contributed by atoms with Gasteiger partial charge in [0.2, 0.25) is 11.8 Å². The maximum atomic E-state index is 11.5. The van der Waals surface area contributed by atoms with Gasteiger partial charge in [-0.2, -0.15) is 0 Å². The molecule has 0 fully saturated rings. The topological polar surface area (TPSA) is 141 Å². The SMILES string of the molecule is CCNC(CCn1cc(CC(NC(C)C)C(N)=O)nn1)C(N)=O. The van der Waals surface area contributed by atoms with Gasteiger partial charge < -0.3 is 22.1 Å². The first-order valence-electron chi connectivity index (χ1n) is 7.80. The molecule has 2 unspecified atom stereocenters. The minimum absolute atomic E-state index is 0.138. The summed E-state index contributed by atoms with van der Waals surface area (Å²) in [7, 11) is 0. The minimum Gasteiger partial charge on any atom is -0.368 e. The molecule has 0 aliphatic carbocycles. The summed E-state index contributed by atoms with van der Waals surface area (Å²) in [5, 5.41) is 14.2. The zero-order chi connectivity index (χ0) is 17.4. The number of primary amides is 2. The van der Waals surface area contributed by atoms with Crippen LogP contribution >= 0.6 is 0 Å². The first-order valence-corrected chi connectivity index (χ1v) is 7.80. The Hall–Kier alpha value is -2.00. The molecule has 1 rings (SSSR count). The molecule has 0 spiro atoms. The molecule has 2 atom stereocenters. The van der Waals surface area contributed by atoms with Gasteiger partial charge in [-0.3, -0.25) is 14.3 Å². The number of aryl methyl sites for hydroxylation is 1. The molecule has 0 bridgehead atoms. The summed E-state index contributed by atoms with van der Waals surface area (Å²) in [6, 6.07) is -0.743. The number of hydrogen-bond donors (Lipinski definition) is 4. The van der Waals surface area contributed by atoms with Gasteiger partial charge in [0.1, 0.15) is 0 Å². The molecule has 1 aromatic rings. The van der Waals surface area contributed by atoms with E-state index in [2.05, 4.69) is 20.9 Å². The average Bonchev–Trinajstić information content (AvgIpc) is 2.89. The maximum Gasteiger partial charge on any atom is 0.234 e. The van der Waals surface area contributed by atoms with Crippen LogP contribution in [0.4, 0.5) is 0 Å². The first-order chi connectivity index (χ1) is 10.8. The number of carbonyl (C=O) groups excluding carboxylic acids is 2. The second kappa shape index (κ2) is 9.21. The van der Waals surface area contributed by atoms with Crippen molar-refractivity contribution in [2.45, 2.75) is 58.3 Å². The molecule has 6 N–H and O–H groups in total. The molecule has 0 aliphatic rings. The van der Waals surface area contributed by atoms with Crippen LogP contribution in [-0.2, 0) is 22.6 Å². The van der Waals surface area contributed by atoms with Gasteiger partial charge in [0.15, 0.2) is 0 Å². The molecular weight excluding hydrogens is 298 g/mol. The maximum absolute atomic E-state index is 11.5. The molecular formula is C14H27N7O2. The van der Waals surface area contributed by atoms with Gasteiger partial charge in [0.05, 0.1) is 17.8 Å². The summed E-state index contributed by atoms with van der Waals surface area (Å²) in [4.78, 5) is 22.7. The highest BCUT2D eigenvalue weighted by atomic mass is 16.1. The standard InChI is InChI=1S/C14H27N7O2/c1-4-17-11(13(15)22)5-6-21-8-10(19-20-21)7-12(14(16)23)18-9(2)3/h8-9,11-12,17-18H,4-7H2,1-3H3,(H2,15,22)(H2,16,23). The highest BCUT2D eigenvalue weighted by molar-refractivity contribution is 5.80. The van der Waals surface area contributed by atoms with Crippen LogP contribution in [0.3, 0.4) is 0 Å². The third kappa shape index (κ3) is 6.74. The Balaban J connectivity index is 2.59. The van der Waals surface area contributed by atoms with Gasteiger partial charge in [-0.15, -0.1) is 5.10 Å². The molecule has 2 amide bonds. The van der Waals surface area contributed by atoms with Crippen molar-refractivity contribution in [3.8, 4) is 0 Å². The fourth-order valence-electron chi connectivity index (χ4n) is 2.25. The van der Waals surface area contributed by atoms with Gasteiger partial charge in [-0.1, -0.05) is 26.0 Å². The normalized spacial score (nSPS) is 13.9. The quantitative estimate of drug-likeness (QED) is 0.391. The summed E-state index contributed by atoms with van der Waals surface area (Å²) in [6.45, 7) is 6.97. The van der Waals surface area contributed by atoms with E-state index in [9.17, 15) is 9.59 Å². The lowest BCUT2D eigenvalue weighted by Gasteiger charge is -2.16. The van der Waals surface area contributed by atoms with Crippen LogP contribution in [0, 0.1) is 0 Å². The van der Waals surface area contributed by atoms with Gasteiger partial charge in [0.25, 0.3) is 0 Å². The second-order valence-corrected chi connectivity index (χ2v) is 5.75. The molecule has 0 saturated carbocycles. The number of carbonyl (C=O) groups is 2. The van der Waals surface area contributed by atoms with E-state index in [-0.39, 0.29) is 11.9 Å². The predicted octanol–water partition coefficient (Wildman–Crippen LogP) is -1.47. The predicted molar refractivity (Wildman–Crippen MR) is 86.3 cm³/mol. The van der Waals surface area contributed by atoms with Crippen molar-refractivity contribution in [1.82, 2.24) is 25.6 Å². The molecule has 9 nitrogen and oxygen atoms in total. The highest BCUT2D eigenvalue weighted by Gasteiger charge is 2.19. The molecule has 0 aliphatic heterocycles. The third-order valence-electron chi connectivity index (χ3n) is 3.32. The van der Waals surface area contributed by atoms with E-state index < -0.39 is 18.0 Å². The number of rotatable bonds is 11. The summed E-state index contributed by atoms with van der Waals surface area (Å²) in [6.07, 6.45) is 2.65. The molecule has 9 heteroatoms. The molecule has 0 saturated heterocycles. The van der Waals surface area contributed by atoms with Gasteiger partial charge in [-0.05, 0) is 13.0 Å². The molecule has 23 heavy (non-hydrogen) atoms. The van der Waals surface area contributed by atoms with E-state index in [4.69, 9.17) is 11.5 Å². The Kier molecular flexibility index (Phi) is 7.63.